The maximum absolute atomic E-state index is 4.24. The van der Waals surface area contributed by atoms with Crippen molar-refractivity contribution in [3.8, 4) is 0 Å². The standard InChI is InChI=1S/C15H19N3/c1-2-5-12(6-3-1)9-14-11-17-18-15(14)13-7-4-8-16-10-13/h1-3,5-6,11,13,16H,4,7-10H2,(H,17,18). The molecule has 1 fully saturated rings. The van der Waals surface area contributed by atoms with Crippen molar-refractivity contribution in [2.45, 2.75) is 25.2 Å². The van der Waals surface area contributed by atoms with E-state index in [-0.39, 0.29) is 0 Å². The summed E-state index contributed by atoms with van der Waals surface area (Å²) in [6.07, 6.45) is 5.48. The predicted molar refractivity (Wildman–Crippen MR) is 72.7 cm³/mol. The molecule has 1 saturated heterocycles. The summed E-state index contributed by atoms with van der Waals surface area (Å²) in [5.41, 5.74) is 4.02. The number of hydrogen-bond donors (Lipinski definition) is 2. The zero-order valence-corrected chi connectivity index (χ0v) is 10.5. The van der Waals surface area contributed by atoms with Crippen LogP contribution in [0.3, 0.4) is 0 Å². The van der Waals surface area contributed by atoms with Gasteiger partial charge in [0.15, 0.2) is 0 Å². The van der Waals surface area contributed by atoms with E-state index < -0.39 is 0 Å². The molecule has 0 spiro atoms. The minimum absolute atomic E-state index is 0.597. The van der Waals surface area contributed by atoms with Gasteiger partial charge in [-0.25, -0.2) is 0 Å². The van der Waals surface area contributed by atoms with Gasteiger partial charge in [-0.15, -0.1) is 0 Å². The molecule has 2 heterocycles. The van der Waals surface area contributed by atoms with Crippen LogP contribution in [0.5, 0.6) is 0 Å². The highest BCUT2D eigenvalue weighted by Crippen LogP contribution is 2.25. The van der Waals surface area contributed by atoms with Crippen LogP contribution in [0.2, 0.25) is 0 Å². The average Bonchev–Trinajstić information content (AvgIpc) is 2.89. The Kier molecular flexibility index (Phi) is 3.42. The fourth-order valence-corrected chi connectivity index (χ4v) is 2.73. The van der Waals surface area contributed by atoms with Crippen LogP contribution in [0.4, 0.5) is 0 Å². The molecule has 2 N–H and O–H groups in total. The Morgan fingerprint density at radius 3 is 2.89 bits per heavy atom. The van der Waals surface area contributed by atoms with Crippen LogP contribution in [-0.4, -0.2) is 23.3 Å². The SMILES string of the molecule is c1ccc(Cc2cn[nH]c2C2CCCNC2)cc1. The molecule has 1 aliphatic rings. The molecule has 3 heteroatoms. The van der Waals surface area contributed by atoms with Crippen LogP contribution in [-0.2, 0) is 6.42 Å². The predicted octanol–water partition coefficient (Wildman–Crippen LogP) is 2.47. The third kappa shape index (κ3) is 2.46. The van der Waals surface area contributed by atoms with Gasteiger partial charge in [0.2, 0.25) is 0 Å². The van der Waals surface area contributed by atoms with Crippen molar-refractivity contribution in [3.63, 3.8) is 0 Å². The molecule has 3 rings (SSSR count). The lowest BCUT2D eigenvalue weighted by Gasteiger charge is -2.22. The first-order valence-electron chi connectivity index (χ1n) is 6.70. The van der Waals surface area contributed by atoms with E-state index in [1.807, 2.05) is 6.20 Å². The van der Waals surface area contributed by atoms with E-state index in [4.69, 9.17) is 0 Å². The zero-order chi connectivity index (χ0) is 12.2. The molecule has 0 amide bonds. The van der Waals surface area contributed by atoms with Gasteiger partial charge in [-0.05, 0) is 30.5 Å². The van der Waals surface area contributed by atoms with Crippen LogP contribution in [0.25, 0.3) is 0 Å². The average molecular weight is 241 g/mol. The van der Waals surface area contributed by atoms with Gasteiger partial charge in [0.1, 0.15) is 0 Å². The molecule has 2 aromatic rings. The number of nitrogens with zero attached hydrogens (tertiary/aromatic N) is 1. The summed E-state index contributed by atoms with van der Waals surface area (Å²) in [6, 6.07) is 10.6. The number of H-pyrrole nitrogens is 1. The molecule has 1 atom stereocenters. The van der Waals surface area contributed by atoms with Gasteiger partial charge in [0.05, 0.1) is 6.20 Å². The van der Waals surface area contributed by atoms with Crippen molar-refractivity contribution < 1.29 is 0 Å². The van der Waals surface area contributed by atoms with Gasteiger partial charge < -0.3 is 5.32 Å². The van der Waals surface area contributed by atoms with Crippen molar-refractivity contribution in [1.82, 2.24) is 15.5 Å². The van der Waals surface area contributed by atoms with Gasteiger partial charge in [-0.1, -0.05) is 30.3 Å². The quantitative estimate of drug-likeness (QED) is 0.866. The topological polar surface area (TPSA) is 40.7 Å². The van der Waals surface area contributed by atoms with Crippen LogP contribution in [0.1, 0.15) is 35.6 Å². The lowest BCUT2D eigenvalue weighted by atomic mass is 9.92. The number of aromatic nitrogens is 2. The van der Waals surface area contributed by atoms with Crippen LogP contribution >= 0.6 is 0 Å². The van der Waals surface area contributed by atoms with E-state index in [2.05, 4.69) is 45.8 Å². The van der Waals surface area contributed by atoms with Gasteiger partial charge in [-0.2, -0.15) is 5.10 Å². The van der Waals surface area contributed by atoms with Crippen molar-refractivity contribution >= 4 is 0 Å². The first-order valence-corrected chi connectivity index (χ1v) is 6.70. The molecule has 0 saturated carbocycles. The number of benzene rings is 1. The molecule has 94 valence electrons. The number of hydrogen-bond acceptors (Lipinski definition) is 2. The van der Waals surface area contributed by atoms with Gasteiger partial charge in [-0.3, -0.25) is 5.10 Å². The molecule has 3 nitrogen and oxygen atoms in total. The molecular formula is C15H19N3. The molecule has 0 radical (unpaired) electrons. The highest BCUT2D eigenvalue weighted by molar-refractivity contribution is 5.29. The highest BCUT2D eigenvalue weighted by Gasteiger charge is 2.19. The zero-order valence-electron chi connectivity index (χ0n) is 10.5. The fraction of sp³-hybridized carbons (Fsp3) is 0.400. The van der Waals surface area contributed by atoms with E-state index in [1.54, 1.807) is 0 Å². The van der Waals surface area contributed by atoms with Crippen molar-refractivity contribution in [3.05, 3.63) is 53.3 Å². The first-order chi connectivity index (χ1) is 8.93. The summed E-state index contributed by atoms with van der Waals surface area (Å²) < 4.78 is 0. The Morgan fingerprint density at radius 1 is 1.22 bits per heavy atom. The normalized spacial score (nSPS) is 19.9. The summed E-state index contributed by atoms with van der Waals surface area (Å²) >= 11 is 0. The monoisotopic (exact) mass is 241 g/mol. The van der Waals surface area contributed by atoms with E-state index in [0.717, 1.165) is 19.5 Å². The Labute approximate surface area is 108 Å². The minimum Gasteiger partial charge on any atom is -0.316 e. The molecule has 18 heavy (non-hydrogen) atoms. The Morgan fingerprint density at radius 2 is 2.11 bits per heavy atom. The van der Waals surface area contributed by atoms with Crippen LogP contribution in [0.15, 0.2) is 36.5 Å². The fourth-order valence-electron chi connectivity index (χ4n) is 2.73. The summed E-state index contributed by atoms with van der Waals surface area (Å²) in [5.74, 6) is 0.597. The number of rotatable bonds is 3. The van der Waals surface area contributed by atoms with Gasteiger partial charge >= 0.3 is 0 Å². The Balaban J connectivity index is 1.78. The summed E-state index contributed by atoms with van der Waals surface area (Å²) in [4.78, 5) is 0. The Hall–Kier alpha value is -1.61. The van der Waals surface area contributed by atoms with Gasteiger partial charge in [0.25, 0.3) is 0 Å². The molecule has 1 aromatic carbocycles. The first kappa shape index (κ1) is 11.5. The smallest absolute Gasteiger partial charge is 0.0525 e. The summed E-state index contributed by atoms with van der Waals surface area (Å²) in [5, 5.41) is 10.9. The second-order valence-electron chi connectivity index (χ2n) is 5.01. The van der Waals surface area contributed by atoms with Crippen molar-refractivity contribution in [2.24, 2.45) is 0 Å². The molecule has 0 aliphatic carbocycles. The summed E-state index contributed by atoms with van der Waals surface area (Å²) in [6.45, 7) is 2.22. The summed E-state index contributed by atoms with van der Waals surface area (Å²) in [7, 11) is 0. The highest BCUT2D eigenvalue weighted by atomic mass is 15.1. The maximum atomic E-state index is 4.24. The minimum atomic E-state index is 0.597. The second kappa shape index (κ2) is 5.36. The molecule has 1 aromatic heterocycles. The van der Waals surface area contributed by atoms with E-state index in [0.29, 0.717) is 5.92 Å². The molecular weight excluding hydrogens is 222 g/mol. The van der Waals surface area contributed by atoms with Crippen LogP contribution < -0.4 is 5.32 Å². The maximum Gasteiger partial charge on any atom is 0.0525 e. The number of nitrogens with one attached hydrogen (secondary N) is 2. The largest absolute Gasteiger partial charge is 0.316 e. The van der Waals surface area contributed by atoms with E-state index in [9.17, 15) is 0 Å². The Bertz CT molecular complexity index is 483. The third-order valence-electron chi connectivity index (χ3n) is 3.69. The van der Waals surface area contributed by atoms with Crippen molar-refractivity contribution in [2.75, 3.05) is 13.1 Å². The lowest BCUT2D eigenvalue weighted by Crippen LogP contribution is -2.29. The second-order valence-corrected chi connectivity index (χ2v) is 5.01. The third-order valence-corrected chi connectivity index (χ3v) is 3.69. The van der Waals surface area contributed by atoms with E-state index >= 15 is 0 Å². The number of piperidine rings is 1. The molecule has 0 bridgehead atoms. The molecule has 1 aliphatic heterocycles. The van der Waals surface area contributed by atoms with Crippen LogP contribution in [0, 0.1) is 0 Å². The van der Waals surface area contributed by atoms with E-state index in [1.165, 1.54) is 29.7 Å². The lowest BCUT2D eigenvalue weighted by molar-refractivity contribution is 0.452. The number of aromatic amines is 1. The molecule has 1 unspecified atom stereocenters. The van der Waals surface area contributed by atoms with Crippen molar-refractivity contribution in [1.29, 1.82) is 0 Å². The van der Waals surface area contributed by atoms with Gasteiger partial charge in [0, 0.05) is 24.6 Å².